The first-order chi connectivity index (χ1) is 9.71. The van der Waals surface area contributed by atoms with Crippen molar-refractivity contribution in [3.05, 3.63) is 45.2 Å². The summed E-state index contributed by atoms with van der Waals surface area (Å²) in [5, 5.41) is 0.772. The van der Waals surface area contributed by atoms with E-state index < -0.39 is 0 Å². The lowest BCUT2D eigenvalue weighted by molar-refractivity contribution is 0.391. The van der Waals surface area contributed by atoms with Crippen molar-refractivity contribution in [3.63, 3.8) is 0 Å². The van der Waals surface area contributed by atoms with E-state index in [-0.39, 0.29) is 0 Å². The Morgan fingerprint density at radius 2 is 1.90 bits per heavy atom. The summed E-state index contributed by atoms with van der Waals surface area (Å²) in [6.07, 6.45) is 5.06. The molecule has 0 saturated heterocycles. The highest BCUT2D eigenvalue weighted by Gasteiger charge is 2.04. The van der Waals surface area contributed by atoms with Crippen LogP contribution in [0.3, 0.4) is 0 Å². The lowest BCUT2D eigenvalue weighted by Gasteiger charge is -2.06. The third-order valence-electron chi connectivity index (χ3n) is 2.94. The Kier molecular flexibility index (Phi) is 6.09. The van der Waals surface area contributed by atoms with E-state index in [0.29, 0.717) is 5.88 Å². The summed E-state index contributed by atoms with van der Waals surface area (Å²) in [6, 6.07) is 10.6. The number of benzene rings is 1. The van der Waals surface area contributed by atoms with Gasteiger partial charge in [-0.2, -0.15) is 4.98 Å². The SMILES string of the molecule is COc1cc(CCCc2ccc(I)cc2)nc(SC)n1. The number of thioether (sulfide) groups is 1. The fraction of sp³-hybridized carbons (Fsp3) is 0.333. The molecule has 1 heterocycles. The van der Waals surface area contributed by atoms with Gasteiger partial charge in [-0.25, -0.2) is 4.98 Å². The van der Waals surface area contributed by atoms with Crippen LogP contribution in [0.1, 0.15) is 17.7 Å². The fourth-order valence-corrected chi connectivity index (χ4v) is 2.65. The number of ether oxygens (including phenoxy) is 1. The molecule has 1 aromatic heterocycles. The maximum atomic E-state index is 5.21. The monoisotopic (exact) mass is 400 g/mol. The molecule has 0 radical (unpaired) electrons. The second-order valence-corrected chi connectivity index (χ2v) is 6.39. The number of nitrogens with zero attached hydrogens (tertiary/aromatic N) is 2. The molecule has 0 saturated carbocycles. The molecule has 0 aliphatic carbocycles. The predicted molar refractivity (Wildman–Crippen MR) is 91.5 cm³/mol. The highest BCUT2D eigenvalue weighted by atomic mass is 127. The number of aryl methyl sites for hydroxylation is 2. The Balaban J connectivity index is 1.94. The zero-order valence-electron chi connectivity index (χ0n) is 11.6. The maximum absolute atomic E-state index is 5.21. The van der Waals surface area contributed by atoms with Crippen molar-refractivity contribution in [3.8, 4) is 5.88 Å². The normalized spacial score (nSPS) is 10.6. The molecule has 0 fully saturated rings. The summed E-state index contributed by atoms with van der Waals surface area (Å²) in [7, 11) is 1.64. The molecule has 0 atom stereocenters. The van der Waals surface area contributed by atoms with Gasteiger partial charge in [0.2, 0.25) is 5.88 Å². The summed E-state index contributed by atoms with van der Waals surface area (Å²) in [5.74, 6) is 0.647. The molecule has 0 aliphatic heterocycles. The van der Waals surface area contributed by atoms with Gasteiger partial charge >= 0.3 is 0 Å². The van der Waals surface area contributed by atoms with Gasteiger partial charge in [0.05, 0.1) is 7.11 Å². The van der Waals surface area contributed by atoms with E-state index in [1.807, 2.05) is 12.3 Å². The van der Waals surface area contributed by atoms with Crippen molar-refractivity contribution in [2.75, 3.05) is 13.4 Å². The molecule has 106 valence electrons. The summed E-state index contributed by atoms with van der Waals surface area (Å²) in [4.78, 5) is 8.79. The Bertz CT molecular complexity index is 538. The van der Waals surface area contributed by atoms with E-state index in [4.69, 9.17) is 4.74 Å². The van der Waals surface area contributed by atoms with E-state index >= 15 is 0 Å². The van der Waals surface area contributed by atoms with Gasteiger partial charge < -0.3 is 4.74 Å². The van der Waals surface area contributed by atoms with Crippen LogP contribution in [0, 0.1) is 3.57 Å². The fourth-order valence-electron chi connectivity index (χ4n) is 1.90. The van der Waals surface area contributed by atoms with E-state index in [2.05, 4.69) is 56.8 Å². The molecular weight excluding hydrogens is 383 g/mol. The highest BCUT2D eigenvalue weighted by molar-refractivity contribution is 14.1. The lowest BCUT2D eigenvalue weighted by atomic mass is 10.1. The minimum absolute atomic E-state index is 0.647. The van der Waals surface area contributed by atoms with Crippen LogP contribution < -0.4 is 4.74 Å². The molecular formula is C15H17IN2OS. The molecule has 0 N–H and O–H groups in total. The Labute approximate surface area is 137 Å². The summed E-state index contributed by atoms with van der Waals surface area (Å²) < 4.78 is 6.48. The van der Waals surface area contributed by atoms with Crippen LogP contribution in [0.5, 0.6) is 5.88 Å². The molecule has 3 nitrogen and oxygen atoms in total. The van der Waals surface area contributed by atoms with Crippen LogP contribution >= 0.6 is 34.4 Å². The third kappa shape index (κ3) is 4.63. The van der Waals surface area contributed by atoms with Crippen molar-refractivity contribution in [1.82, 2.24) is 9.97 Å². The van der Waals surface area contributed by atoms with Crippen LogP contribution in [0.25, 0.3) is 0 Å². The van der Waals surface area contributed by atoms with Crippen LogP contribution in [-0.2, 0) is 12.8 Å². The maximum Gasteiger partial charge on any atom is 0.217 e. The minimum atomic E-state index is 0.647. The van der Waals surface area contributed by atoms with E-state index in [1.54, 1.807) is 18.9 Å². The number of methoxy groups -OCH3 is 1. The van der Waals surface area contributed by atoms with E-state index in [1.165, 1.54) is 9.13 Å². The molecule has 5 heteroatoms. The molecule has 0 aliphatic rings. The zero-order chi connectivity index (χ0) is 14.4. The Hall–Kier alpha value is -0.820. The van der Waals surface area contributed by atoms with Crippen LogP contribution in [0.15, 0.2) is 35.5 Å². The first-order valence-electron chi connectivity index (χ1n) is 6.41. The average molecular weight is 400 g/mol. The quantitative estimate of drug-likeness (QED) is 0.417. The van der Waals surface area contributed by atoms with Crippen LogP contribution in [-0.4, -0.2) is 23.3 Å². The third-order valence-corrected chi connectivity index (χ3v) is 4.21. The van der Waals surface area contributed by atoms with Gasteiger partial charge in [0.25, 0.3) is 0 Å². The second kappa shape index (κ2) is 7.83. The van der Waals surface area contributed by atoms with Crippen molar-refractivity contribution in [2.24, 2.45) is 0 Å². The van der Waals surface area contributed by atoms with Crippen molar-refractivity contribution in [2.45, 2.75) is 24.4 Å². The smallest absolute Gasteiger partial charge is 0.217 e. The van der Waals surface area contributed by atoms with Crippen molar-refractivity contribution in [1.29, 1.82) is 0 Å². The molecule has 0 amide bonds. The number of hydrogen-bond donors (Lipinski definition) is 0. The van der Waals surface area contributed by atoms with Crippen LogP contribution in [0.2, 0.25) is 0 Å². The minimum Gasteiger partial charge on any atom is -0.481 e. The molecule has 20 heavy (non-hydrogen) atoms. The second-order valence-electron chi connectivity index (χ2n) is 4.37. The molecule has 0 spiro atoms. The predicted octanol–water partition coefficient (Wildman–Crippen LogP) is 3.99. The zero-order valence-corrected chi connectivity index (χ0v) is 14.6. The van der Waals surface area contributed by atoms with Gasteiger partial charge in [-0.05, 0) is 65.8 Å². The first kappa shape index (κ1) is 15.6. The first-order valence-corrected chi connectivity index (χ1v) is 8.72. The van der Waals surface area contributed by atoms with Gasteiger partial charge in [0.15, 0.2) is 5.16 Å². The van der Waals surface area contributed by atoms with Gasteiger partial charge in [0.1, 0.15) is 0 Å². The topological polar surface area (TPSA) is 35.0 Å². The molecule has 0 unspecified atom stereocenters. The van der Waals surface area contributed by atoms with Gasteiger partial charge in [-0.3, -0.25) is 0 Å². The van der Waals surface area contributed by atoms with E-state index in [0.717, 1.165) is 30.1 Å². The number of aromatic nitrogens is 2. The average Bonchev–Trinajstić information content (AvgIpc) is 2.49. The van der Waals surface area contributed by atoms with E-state index in [9.17, 15) is 0 Å². The van der Waals surface area contributed by atoms with Gasteiger partial charge in [-0.15, -0.1) is 0 Å². The van der Waals surface area contributed by atoms with Crippen LogP contribution in [0.4, 0.5) is 0 Å². The molecule has 0 bridgehead atoms. The molecule has 2 aromatic rings. The molecule has 2 rings (SSSR count). The van der Waals surface area contributed by atoms with Crippen molar-refractivity contribution < 1.29 is 4.74 Å². The highest BCUT2D eigenvalue weighted by Crippen LogP contribution is 2.17. The Morgan fingerprint density at radius 3 is 2.55 bits per heavy atom. The number of hydrogen-bond acceptors (Lipinski definition) is 4. The lowest BCUT2D eigenvalue weighted by Crippen LogP contribution is -1.99. The Morgan fingerprint density at radius 1 is 1.15 bits per heavy atom. The number of halogens is 1. The summed E-state index contributed by atoms with van der Waals surface area (Å²) in [5.41, 5.74) is 2.42. The van der Waals surface area contributed by atoms with Gasteiger partial charge in [0, 0.05) is 15.3 Å². The summed E-state index contributed by atoms with van der Waals surface area (Å²) >= 11 is 3.87. The standard InChI is InChI=1S/C15H17IN2OS/c1-19-14-10-13(17-15(18-14)20-2)5-3-4-11-6-8-12(16)9-7-11/h6-10H,3-5H2,1-2H3. The van der Waals surface area contributed by atoms with Crippen molar-refractivity contribution >= 4 is 34.4 Å². The van der Waals surface area contributed by atoms with Gasteiger partial charge in [-0.1, -0.05) is 23.9 Å². The summed E-state index contributed by atoms with van der Waals surface area (Å²) in [6.45, 7) is 0. The largest absolute Gasteiger partial charge is 0.481 e. The number of rotatable bonds is 6. The molecule has 1 aromatic carbocycles.